The molecule has 1 atom stereocenters. The molecule has 0 aromatic carbocycles. The van der Waals surface area contributed by atoms with Crippen LogP contribution in [0.15, 0.2) is 18.2 Å². The van der Waals surface area contributed by atoms with Crippen LogP contribution in [-0.4, -0.2) is 48.0 Å². The molecule has 2 heterocycles. The Morgan fingerprint density at radius 2 is 2.35 bits per heavy atom. The molecule has 0 saturated carbocycles. The summed E-state index contributed by atoms with van der Waals surface area (Å²) in [6, 6.07) is 6.50. The van der Waals surface area contributed by atoms with Gasteiger partial charge in [-0.25, -0.2) is 4.98 Å². The minimum atomic E-state index is 0.578. The maximum atomic E-state index is 5.88. The van der Waals surface area contributed by atoms with Crippen molar-refractivity contribution in [1.29, 1.82) is 0 Å². The minimum Gasteiger partial charge on any atom is -0.302 e. The summed E-state index contributed by atoms with van der Waals surface area (Å²) in [7, 11) is 4.36. The van der Waals surface area contributed by atoms with E-state index in [1.165, 1.54) is 19.4 Å². The highest BCUT2D eigenvalue weighted by Gasteiger charge is 2.21. The van der Waals surface area contributed by atoms with Crippen LogP contribution in [-0.2, 0) is 6.54 Å². The number of rotatable bonds is 4. The largest absolute Gasteiger partial charge is 0.302 e. The van der Waals surface area contributed by atoms with Crippen LogP contribution in [0.1, 0.15) is 18.5 Å². The molecular formula is C13H20ClN3. The van der Waals surface area contributed by atoms with Crippen molar-refractivity contribution in [1.82, 2.24) is 14.8 Å². The monoisotopic (exact) mass is 253 g/mol. The van der Waals surface area contributed by atoms with Crippen LogP contribution >= 0.6 is 11.6 Å². The van der Waals surface area contributed by atoms with Crippen molar-refractivity contribution in [2.24, 2.45) is 0 Å². The minimum absolute atomic E-state index is 0.578. The third kappa shape index (κ3) is 3.66. The van der Waals surface area contributed by atoms with Crippen molar-refractivity contribution in [2.45, 2.75) is 25.4 Å². The van der Waals surface area contributed by atoms with Crippen LogP contribution in [0.3, 0.4) is 0 Å². The molecule has 0 radical (unpaired) electrons. The lowest BCUT2D eigenvalue weighted by Gasteiger charge is -2.25. The quantitative estimate of drug-likeness (QED) is 0.768. The second-order valence-electron chi connectivity index (χ2n) is 4.93. The normalized spacial score (nSPS) is 21.3. The molecule has 1 aromatic rings. The number of nitrogens with zero attached hydrogens (tertiary/aromatic N) is 3. The fourth-order valence-corrected chi connectivity index (χ4v) is 2.63. The number of hydrogen-bond donors (Lipinski definition) is 0. The summed E-state index contributed by atoms with van der Waals surface area (Å²) >= 11 is 5.88. The van der Waals surface area contributed by atoms with E-state index in [1.807, 2.05) is 18.2 Å². The summed E-state index contributed by atoms with van der Waals surface area (Å²) in [5.74, 6) is 0. The van der Waals surface area contributed by atoms with E-state index < -0.39 is 0 Å². The highest BCUT2D eigenvalue weighted by atomic mass is 35.5. The molecule has 1 aliphatic heterocycles. The average Bonchev–Trinajstić information content (AvgIpc) is 2.64. The highest BCUT2D eigenvalue weighted by Crippen LogP contribution is 2.16. The number of likely N-dealkylation sites (N-methyl/N-ethyl adjacent to an activating group) is 2. The molecular weight excluding hydrogens is 234 g/mol. The third-order valence-electron chi connectivity index (χ3n) is 3.40. The highest BCUT2D eigenvalue weighted by molar-refractivity contribution is 6.29. The zero-order valence-electron chi connectivity index (χ0n) is 10.6. The predicted octanol–water partition coefficient (Wildman–Crippen LogP) is 2.26. The number of hydrogen-bond acceptors (Lipinski definition) is 3. The Balaban J connectivity index is 1.86. The number of aromatic nitrogens is 1. The van der Waals surface area contributed by atoms with E-state index in [9.17, 15) is 0 Å². The number of likely N-dealkylation sites (tertiary alicyclic amines) is 1. The molecule has 3 nitrogen and oxygen atoms in total. The Kier molecular flexibility index (Phi) is 4.37. The van der Waals surface area contributed by atoms with E-state index in [0.29, 0.717) is 11.2 Å². The van der Waals surface area contributed by atoms with Gasteiger partial charge in [0.25, 0.3) is 0 Å². The van der Waals surface area contributed by atoms with Crippen molar-refractivity contribution in [2.75, 3.05) is 27.2 Å². The first kappa shape index (κ1) is 12.8. The van der Waals surface area contributed by atoms with Gasteiger partial charge in [0.15, 0.2) is 0 Å². The molecule has 1 fully saturated rings. The second kappa shape index (κ2) is 5.80. The Morgan fingerprint density at radius 3 is 3.00 bits per heavy atom. The van der Waals surface area contributed by atoms with Gasteiger partial charge in [-0.1, -0.05) is 17.7 Å². The zero-order chi connectivity index (χ0) is 12.3. The van der Waals surface area contributed by atoms with Gasteiger partial charge in [-0.3, -0.25) is 4.90 Å². The molecule has 1 aromatic heterocycles. The number of halogens is 1. The van der Waals surface area contributed by atoms with Gasteiger partial charge in [0.1, 0.15) is 5.15 Å². The molecule has 1 aliphatic rings. The lowest BCUT2D eigenvalue weighted by molar-refractivity contribution is 0.214. The summed E-state index contributed by atoms with van der Waals surface area (Å²) in [5.41, 5.74) is 1.04. The van der Waals surface area contributed by atoms with Crippen molar-refractivity contribution < 1.29 is 0 Å². The summed E-state index contributed by atoms with van der Waals surface area (Å²) in [6.07, 6.45) is 2.63. The molecule has 0 bridgehead atoms. The molecule has 1 unspecified atom stereocenters. The zero-order valence-corrected chi connectivity index (χ0v) is 11.3. The average molecular weight is 254 g/mol. The molecule has 0 N–H and O–H groups in total. The van der Waals surface area contributed by atoms with Gasteiger partial charge in [-0.15, -0.1) is 0 Å². The first-order chi connectivity index (χ1) is 8.15. The van der Waals surface area contributed by atoms with Gasteiger partial charge in [-0.05, 0) is 45.6 Å². The Hall–Kier alpha value is -0.640. The van der Waals surface area contributed by atoms with Crippen molar-refractivity contribution in [3.63, 3.8) is 0 Å². The Morgan fingerprint density at radius 1 is 1.53 bits per heavy atom. The van der Waals surface area contributed by atoms with E-state index in [2.05, 4.69) is 28.9 Å². The first-order valence-electron chi connectivity index (χ1n) is 6.15. The standard InChI is InChI=1S/C13H20ClN3/c1-16(10-12-6-4-8-17(12)2)9-11-5-3-7-13(14)15-11/h3,5,7,12H,4,6,8-10H2,1-2H3. The van der Waals surface area contributed by atoms with E-state index in [4.69, 9.17) is 11.6 Å². The van der Waals surface area contributed by atoms with Gasteiger partial charge in [-0.2, -0.15) is 0 Å². The van der Waals surface area contributed by atoms with Crippen molar-refractivity contribution >= 4 is 11.6 Å². The maximum absolute atomic E-state index is 5.88. The SMILES string of the molecule is CN(Cc1cccc(Cl)n1)CC1CCCN1C. The fraction of sp³-hybridized carbons (Fsp3) is 0.615. The third-order valence-corrected chi connectivity index (χ3v) is 3.61. The van der Waals surface area contributed by atoms with Crippen LogP contribution in [0.5, 0.6) is 0 Å². The van der Waals surface area contributed by atoms with Crippen LogP contribution < -0.4 is 0 Å². The molecule has 0 aliphatic carbocycles. The topological polar surface area (TPSA) is 19.4 Å². The molecule has 17 heavy (non-hydrogen) atoms. The summed E-state index contributed by atoms with van der Waals surface area (Å²) < 4.78 is 0. The summed E-state index contributed by atoms with van der Waals surface area (Å²) in [4.78, 5) is 9.09. The van der Waals surface area contributed by atoms with Gasteiger partial charge in [0.2, 0.25) is 0 Å². The van der Waals surface area contributed by atoms with Crippen LogP contribution in [0.25, 0.3) is 0 Å². The van der Waals surface area contributed by atoms with Crippen LogP contribution in [0.4, 0.5) is 0 Å². The van der Waals surface area contributed by atoms with Crippen LogP contribution in [0.2, 0.25) is 5.15 Å². The maximum Gasteiger partial charge on any atom is 0.129 e. The summed E-state index contributed by atoms with van der Waals surface area (Å²) in [6.45, 7) is 3.20. The molecule has 2 rings (SSSR count). The van der Waals surface area contributed by atoms with Crippen molar-refractivity contribution in [3.05, 3.63) is 29.0 Å². The van der Waals surface area contributed by atoms with E-state index in [0.717, 1.165) is 18.8 Å². The molecule has 0 spiro atoms. The van der Waals surface area contributed by atoms with Gasteiger partial charge >= 0.3 is 0 Å². The lowest BCUT2D eigenvalue weighted by atomic mass is 10.2. The summed E-state index contributed by atoms with van der Waals surface area (Å²) in [5, 5.41) is 0.578. The van der Waals surface area contributed by atoms with E-state index in [-0.39, 0.29) is 0 Å². The van der Waals surface area contributed by atoms with E-state index in [1.54, 1.807) is 0 Å². The predicted molar refractivity (Wildman–Crippen MR) is 71.2 cm³/mol. The number of pyridine rings is 1. The second-order valence-corrected chi connectivity index (χ2v) is 5.31. The Labute approximate surface area is 108 Å². The molecule has 94 valence electrons. The van der Waals surface area contributed by atoms with Crippen molar-refractivity contribution in [3.8, 4) is 0 Å². The fourth-order valence-electron chi connectivity index (χ4n) is 2.45. The van der Waals surface area contributed by atoms with Gasteiger partial charge in [0.05, 0.1) is 5.69 Å². The first-order valence-corrected chi connectivity index (χ1v) is 6.53. The van der Waals surface area contributed by atoms with Crippen LogP contribution in [0, 0.1) is 0 Å². The lowest BCUT2D eigenvalue weighted by Crippen LogP contribution is -2.36. The van der Waals surface area contributed by atoms with Gasteiger partial charge < -0.3 is 4.90 Å². The molecule has 1 saturated heterocycles. The molecule has 4 heteroatoms. The Bertz CT molecular complexity index is 369. The van der Waals surface area contributed by atoms with Gasteiger partial charge in [0, 0.05) is 19.1 Å². The van der Waals surface area contributed by atoms with E-state index >= 15 is 0 Å². The smallest absolute Gasteiger partial charge is 0.129 e. The molecule has 0 amide bonds.